The summed E-state index contributed by atoms with van der Waals surface area (Å²) in [5.41, 5.74) is 8.90. The Balaban J connectivity index is 1.59. The van der Waals surface area contributed by atoms with Crippen LogP contribution in [0.25, 0.3) is 0 Å². The van der Waals surface area contributed by atoms with Crippen molar-refractivity contribution in [1.82, 2.24) is 4.90 Å². The summed E-state index contributed by atoms with van der Waals surface area (Å²) < 4.78 is 5.66. The third kappa shape index (κ3) is 4.83. The van der Waals surface area contributed by atoms with Crippen molar-refractivity contribution in [2.45, 2.75) is 32.2 Å². The van der Waals surface area contributed by atoms with E-state index in [0.29, 0.717) is 25.0 Å². The molecule has 0 aromatic heterocycles. The summed E-state index contributed by atoms with van der Waals surface area (Å²) in [7, 11) is 0. The zero-order valence-electron chi connectivity index (χ0n) is 15.2. The fourth-order valence-electron chi connectivity index (χ4n) is 3.96. The highest BCUT2D eigenvalue weighted by atomic mass is 16.5. The summed E-state index contributed by atoms with van der Waals surface area (Å²) >= 11 is 0. The molecule has 0 saturated carbocycles. The van der Waals surface area contributed by atoms with Crippen LogP contribution in [-0.4, -0.2) is 31.1 Å². The third-order valence-corrected chi connectivity index (χ3v) is 5.30. The topological polar surface area (TPSA) is 38.5 Å². The molecule has 1 saturated heterocycles. The van der Waals surface area contributed by atoms with Gasteiger partial charge in [0.1, 0.15) is 5.75 Å². The zero-order chi connectivity index (χ0) is 17.5. The van der Waals surface area contributed by atoms with Gasteiger partial charge in [0.25, 0.3) is 0 Å². The molecule has 25 heavy (non-hydrogen) atoms. The van der Waals surface area contributed by atoms with Gasteiger partial charge in [-0.15, -0.1) is 0 Å². The second-order valence-corrected chi connectivity index (χ2v) is 6.95. The molecule has 1 aliphatic heterocycles. The highest BCUT2D eigenvalue weighted by molar-refractivity contribution is 5.31. The molecule has 2 N–H and O–H groups in total. The van der Waals surface area contributed by atoms with E-state index in [2.05, 4.69) is 53.4 Å². The van der Waals surface area contributed by atoms with E-state index in [1.54, 1.807) is 0 Å². The van der Waals surface area contributed by atoms with E-state index in [1.807, 2.05) is 13.0 Å². The van der Waals surface area contributed by atoms with Crippen LogP contribution in [0.3, 0.4) is 0 Å². The lowest BCUT2D eigenvalue weighted by Crippen LogP contribution is -2.36. The quantitative estimate of drug-likeness (QED) is 0.828. The third-order valence-electron chi connectivity index (χ3n) is 5.30. The van der Waals surface area contributed by atoms with Gasteiger partial charge in [-0.1, -0.05) is 42.5 Å². The Morgan fingerprint density at radius 1 is 1.08 bits per heavy atom. The molecule has 1 fully saturated rings. The van der Waals surface area contributed by atoms with Crippen molar-refractivity contribution in [3.8, 4) is 5.75 Å². The molecule has 1 atom stereocenters. The molecular weight excluding hydrogens is 308 g/mol. The summed E-state index contributed by atoms with van der Waals surface area (Å²) in [4.78, 5) is 2.57. The smallest absolute Gasteiger partial charge is 0.119 e. The van der Waals surface area contributed by atoms with Crippen LogP contribution in [0.2, 0.25) is 0 Å². The molecule has 2 aromatic rings. The summed E-state index contributed by atoms with van der Waals surface area (Å²) in [5.74, 6) is 2.05. The van der Waals surface area contributed by atoms with Gasteiger partial charge >= 0.3 is 0 Å². The predicted octanol–water partition coefficient (Wildman–Crippen LogP) is 4.04. The summed E-state index contributed by atoms with van der Waals surface area (Å²) in [6.45, 7) is 6.80. The molecule has 1 unspecified atom stereocenters. The van der Waals surface area contributed by atoms with Crippen molar-refractivity contribution in [1.29, 1.82) is 0 Å². The molecule has 3 rings (SSSR count). The molecule has 1 aliphatic rings. The molecule has 0 bridgehead atoms. The lowest BCUT2D eigenvalue weighted by molar-refractivity contribution is 0.162. The van der Waals surface area contributed by atoms with Crippen LogP contribution in [0.15, 0.2) is 54.6 Å². The Kier molecular flexibility index (Phi) is 6.48. The normalized spacial score (nSPS) is 17.4. The Morgan fingerprint density at radius 2 is 1.84 bits per heavy atom. The van der Waals surface area contributed by atoms with Gasteiger partial charge < -0.3 is 10.5 Å². The Morgan fingerprint density at radius 3 is 2.52 bits per heavy atom. The monoisotopic (exact) mass is 338 g/mol. The van der Waals surface area contributed by atoms with Crippen molar-refractivity contribution < 1.29 is 4.74 Å². The maximum Gasteiger partial charge on any atom is 0.119 e. The van der Waals surface area contributed by atoms with E-state index in [4.69, 9.17) is 10.5 Å². The first-order valence-corrected chi connectivity index (χ1v) is 9.49. The number of ether oxygens (including phenoxy) is 1. The minimum Gasteiger partial charge on any atom is -0.494 e. The summed E-state index contributed by atoms with van der Waals surface area (Å²) in [6.07, 6.45) is 2.43. The number of benzene rings is 2. The van der Waals surface area contributed by atoms with Crippen molar-refractivity contribution in [3.05, 3.63) is 65.7 Å². The fraction of sp³-hybridized carbons (Fsp3) is 0.455. The van der Waals surface area contributed by atoms with Gasteiger partial charge in [0.05, 0.1) is 6.61 Å². The first-order valence-electron chi connectivity index (χ1n) is 9.49. The highest BCUT2D eigenvalue weighted by Crippen LogP contribution is 2.33. The minimum atomic E-state index is 0.430. The van der Waals surface area contributed by atoms with Gasteiger partial charge in [0.2, 0.25) is 0 Å². The number of hydrogen-bond acceptors (Lipinski definition) is 3. The van der Waals surface area contributed by atoms with Crippen molar-refractivity contribution in [3.63, 3.8) is 0 Å². The molecule has 1 heterocycles. The van der Waals surface area contributed by atoms with E-state index in [9.17, 15) is 0 Å². The van der Waals surface area contributed by atoms with Crippen LogP contribution >= 0.6 is 0 Å². The van der Waals surface area contributed by atoms with Crippen LogP contribution in [-0.2, 0) is 6.54 Å². The second kappa shape index (κ2) is 9.02. The van der Waals surface area contributed by atoms with E-state index in [1.165, 1.54) is 24.0 Å². The number of hydrogen-bond donors (Lipinski definition) is 1. The molecule has 2 aromatic carbocycles. The van der Waals surface area contributed by atoms with Crippen LogP contribution in [0.1, 0.15) is 36.8 Å². The number of rotatable bonds is 7. The Bertz CT molecular complexity index is 635. The van der Waals surface area contributed by atoms with Crippen LogP contribution in [0, 0.1) is 5.92 Å². The van der Waals surface area contributed by atoms with Gasteiger partial charge in [-0.2, -0.15) is 0 Å². The average molecular weight is 338 g/mol. The molecule has 3 nitrogen and oxygen atoms in total. The fourth-order valence-corrected chi connectivity index (χ4v) is 3.96. The van der Waals surface area contributed by atoms with Crippen LogP contribution < -0.4 is 10.5 Å². The SMILES string of the molecule is CCOc1cccc(C(CN)C2CCN(Cc3ccccc3)CC2)c1. The highest BCUT2D eigenvalue weighted by Gasteiger charge is 2.27. The molecule has 0 radical (unpaired) electrons. The van der Waals surface area contributed by atoms with E-state index >= 15 is 0 Å². The lowest BCUT2D eigenvalue weighted by Gasteiger charge is -2.36. The van der Waals surface area contributed by atoms with Crippen molar-refractivity contribution in [2.24, 2.45) is 11.7 Å². The Labute approximate surface area is 151 Å². The maximum absolute atomic E-state index is 6.16. The standard InChI is InChI=1S/C22H30N2O/c1-2-25-21-10-6-9-20(15-21)22(16-23)19-11-13-24(14-12-19)17-18-7-4-3-5-8-18/h3-10,15,19,22H,2,11-14,16-17,23H2,1H3. The minimum absolute atomic E-state index is 0.430. The maximum atomic E-state index is 6.16. The van der Waals surface area contributed by atoms with Gasteiger partial charge in [0.15, 0.2) is 0 Å². The first-order chi connectivity index (χ1) is 12.3. The first kappa shape index (κ1) is 18.0. The van der Waals surface area contributed by atoms with Crippen LogP contribution in [0.4, 0.5) is 0 Å². The number of nitrogens with two attached hydrogens (primary N) is 1. The molecule has 0 amide bonds. The molecule has 3 heteroatoms. The summed E-state index contributed by atoms with van der Waals surface area (Å²) in [5, 5.41) is 0. The predicted molar refractivity (Wildman–Crippen MR) is 104 cm³/mol. The van der Waals surface area contributed by atoms with E-state index in [-0.39, 0.29) is 0 Å². The van der Waals surface area contributed by atoms with Gasteiger partial charge in [-0.05, 0) is 74.5 Å². The Hall–Kier alpha value is -1.84. The number of piperidine rings is 1. The molecule has 134 valence electrons. The van der Waals surface area contributed by atoms with E-state index in [0.717, 1.165) is 25.4 Å². The molecule has 0 aliphatic carbocycles. The van der Waals surface area contributed by atoms with Gasteiger partial charge in [-0.3, -0.25) is 4.90 Å². The molecule has 0 spiro atoms. The van der Waals surface area contributed by atoms with E-state index < -0.39 is 0 Å². The second-order valence-electron chi connectivity index (χ2n) is 6.95. The zero-order valence-corrected chi connectivity index (χ0v) is 15.2. The van der Waals surface area contributed by atoms with Gasteiger partial charge in [0, 0.05) is 6.54 Å². The number of likely N-dealkylation sites (tertiary alicyclic amines) is 1. The average Bonchev–Trinajstić information content (AvgIpc) is 2.65. The number of nitrogens with zero attached hydrogens (tertiary/aromatic N) is 1. The van der Waals surface area contributed by atoms with Crippen LogP contribution in [0.5, 0.6) is 5.75 Å². The lowest BCUT2D eigenvalue weighted by atomic mass is 9.80. The van der Waals surface area contributed by atoms with Crippen molar-refractivity contribution >= 4 is 0 Å². The largest absolute Gasteiger partial charge is 0.494 e. The molecular formula is C22H30N2O. The summed E-state index contributed by atoms with van der Waals surface area (Å²) in [6, 6.07) is 19.3. The van der Waals surface area contributed by atoms with Crippen molar-refractivity contribution in [2.75, 3.05) is 26.2 Å². The van der Waals surface area contributed by atoms with Gasteiger partial charge in [-0.25, -0.2) is 0 Å².